The van der Waals surface area contributed by atoms with Crippen LogP contribution < -0.4 is 4.90 Å². The van der Waals surface area contributed by atoms with E-state index in [0.29, 0.717) is 19.3 Å². The zero-order chi connectivity index (χ0) is 29.4. The molecule has 1 spiro atoms. The van der Waals surface area contributed by atoms with E-state index in [0.717, 1.165) is 23.2 Å². The third kappa shape index (κ3) is 4.71. The number of aliphatic hydroxyl groups excluding tert-OH is 1. The van der Waals surface area contributed by atoms with E-state index in [4.69, 9.17) is 4.74 Å². The fourth-order valence-electron chi connectivity index (χ4n) is 7.30. The van der Waals surface area contributed by atoms with Gasteiger partial charge in [-0.25, -0.2) is 0 Å². The smallest absolute Gasteiger partial charge is 0.311 e. The molecule has 2 unspecified atom stereocenters. The van der Waals surface area contributed by atoms with Crippen molar-refractivity contribution in [3.05, 3.63) is 54.6 Å². The summed E-state index contributed by atoms with van der Waals surface area (Å²) in [6.07, 6.45) is 6.02. The number of carbonyl (C=O) groups excluding carboxylic acids is 3. The van der Waals surface area contributed by atoms with Gasteiger partial charge in [-0.3, -0.25) is 14.4 Å². The number of para-hydroxylation sites is 1. The Morgan fingerprint density at radius 3 is 2.50 bits per heavy atom. The highest BCUT2D eigenvalue weighted by Gasteiger charge is 2.78. The van der Waals surface area contributed by atoms with Gasteiger partial charge in [-0.2, -0.15) is 0 Å². The van der Waals surface area contributed by atoms with Gasteiger partial charge in [-0.05, 0) is 57.1 Å². The molecule has 8 heteroatoms. The molecule has 1 N–H and O–H groups in total. The Kier molecular flexibility index (Phi) is 8.91. The maximum Gasteiger partial charge on any atom is 0.311 e. The molecule has 4 rings (SSSR count). The minimum Gasteiger partial charge on any atom is -0.465 e. The molecular formula is C32H44N2O5S. The first-order valence-corrected chi connectivity index (χ1v) is 15.2. The second-order valence-corrected chi connectivity index (χ2v) is 13.7. The van der Waals surface area contributed by atoms with Gasteiger partial charge in [0.15, 0.2) is 0 Å². The molecule has 0 aromatic heterocycles. The van der Waals surface area contributed by atoms with E-state index < -0.39 is 33.4 Å². The van der Waals surface area contributed by atoms with Crippen LogP contribution in [0.1, 0.15) is 57.6 Å². The zero-order valence-corrected chi connectivity index (χ0v) is 25.3. The fourth-order valence-corrected chi connectivity index (χ4v) is 9.63. The van der Waals surface area contributed by atoms with Gasteiger partial charge in [0.2, 0.25) is 5.91 Å². The van der Waals surface area contributed by atoms with Crippen LogP contribution in [0.4, 0.5) is 5.69 Å². The average Bonchev–Trinajstić information content (AvgIpc) is 3.49. The molecule has 3 aliphatic heterocycles. The number of rotatable bonds is 12. The van der Waals surface area contributed by atoms with Crippen molar-refractivity contribution in [2.24, 2.45) is 17.8 Å². The molecule has 3 aliphatic rings. The van der Waals surface area contributed by atoms with Gasteiger partial charge in [0.1, 0.15) is 6.04 Å². The number of carbonyl (C=O) groups is 3. The quantitative estimate of drug-likeness (QED) is 0.221. The molecule has 218 valence electrons. The topological polar surface area (TPSA) is 87.1 Å². The van der Waals surface area contributed by atoms with E-state index in [1.165, 1.54) is 0 Å². The second kappa shape index (κ2) is 11.7. The van der Waals surface area contributed by atoms with Gasteiger partial charge in [0.25, 0.3) is 5.91 Å². The van der Waals surface area contributed by atoms with Gasteiger partial charge < -0.3 is 19.6 Å². The van der Waals surface area contributed by atoms with Crippen molar-refractivity contribution < 1.29 is 24.2 Å². The predicted molar refractivity (Wildman–Crippen MR) is 160 cm³/mol. The molecular weight excluding hydrogens is 524 g/mol. The van der Waals surface area contributed by atoms with Crippen LogP contribution in [-0.2, 0) is 19.1 Å². The second-order valence-electron chi connectivity index (χ2n) is 11.8. The van der Waals surface area contributed by atoms with Gasteiger partial charge in [-0.15, -0.1) is 24.9 Å². The average molecular weight is 569 g/mol. The number of ether oxygens (including phenoxy) is 1. The van der Waals surface area contributed by atoms with E-state index >= 15 is 0 Å². The predicted octanol–water partition coefficient (Wildman–Crippen LogP) is 4.83. The summed E-state index contributed by atoms with van der Waals surface area (Å²) in [4.78, 5) is 46.4. The molecule has 1 aromatic rings. The van der Waals surface area contributed by atoms with Crippen molar-refractivity contribution in [2.75, 3.05) is 24.7 Å². The Morgan fingerprint density at radius 1 is 1.25 bits per heavy atom. The van der Waals surface area contributed by atoms with Crippen LogP contribution in [0.15, 0.2) is 43.5 Å². The molecule has 3 heterocycles. The van der Waals surface area contributed by atoms with Crippen molar-refractivity contribution in [3.63, 3.8) is 0 Å². The Morgan fingerprint density at radius 2 is 1.93 bits per heavy atom. The number of likely N-dealkylation sites (tertiary alicyclic amines) is 1. The van der Waals surface area contributed by atoms with Crippen molar-refractivity contribution >= 4 is 35.2 Å². The Balaban J connectivity index is 1.87. The van der Waals surface area contributed by atoms with Crippen LogP contribution in [0, 0.1) is 31.6 Å². The number of amides is 2. The molecule has 2 amide bonds. The van der Waals surface area contributed by atoms with Gasteiger partial charge in [0, 0.05) is 17.0 Å². The lowest BCUT2D eigenvalue weighted by Gasteiger charge is -2.41. The highest BCUT2D eigenvalue weighted by Crippen LogP contribution is 2.72. The number of nitrogens with zero attached hydrogens (tertiary/aromatic N) is 2. The van der Waals surface area contributed by atoms with E-state index in [9.17, 15) is 19.5 Å². The van der Waals surface area contributed by atoms with Gasteiger partial charge >= 0.3 is 5.97 Å². The molecule has 3 fully saturated rings. The summed E-state index contributed by atoms with van der Waals surface area (Å²) in [7, 11) is 0. The first-order valence-electron chi connectivity index (χ1n) is 14.4. The highest BCUT2D eigenvalue weighted by molar-refractivity contribution is 8.02. The summed E-state index contributed by atoms with van der Waals surface area (Å²) < 4.78 is 4.36. The maximum absolute atomic E-state index is 14.9. The van der Waals surface area contributed by atoms with Crippen LogP contribution >= 0.6 is 11.8 Å². The number of benzene rings is 1. The van der Waals surface area contributed by atoms with Crippen LogP contribution in [0.2, 0.25) is 0 Å². The zero-order valence-electron chi connectivity index (χ0n) is 24.5. The third-order valence-corrected chi connectivity index (χ3v) is 11.4. The number of hydrogen-bond donors (Lipinski definition) is 1. The van der Waals surface area contributed by atoms with E-state index in [1.807, 2.05) is 52.8 Å². The number of anilines is 1. The van der Waals surface area contributed by atoms with E-state index in [2.05, 4.69) is 13.2 Å². The Hall–Kier alpha value is -2.58. The van der Waals surface area contributed by atoms with Crippen LogP contribution in [0.3, 0.4) is 0 Å². The number of fused-ring (bicyclic) bond motifs is 1. The van der Waals surface area contributed by atoms with Crippen molar-refractivity contribution in [1.82, 2.24) is 4.90 Å². The van der Waals surface area contributed by atoms with Crippen LogP contribution in [0.25, 0.3) is 0 Å². The molecule has 1 aromatic carbocycles. The highest BCUT2D eigenvalue weighted by atomic mass is 32.2. The first kappa shape index (κ1) is 30.4. The monoisotopic (exact) mass is 568 g/mol. The minimum atomic E-state index is -0.826. The van der Waals surface area contributed by atoms with Crippen molar-refractivity contribution in [3.8, 4) is 0 Å². The summed E-state index contributed by atoms with van der Waals surface area (Å²) >= 11 is 1.62. The number of esters is 1. The van der Waals surface area contributed by atoms with Gasteiger partial charge in [0.05, 0.1) is 35.8 Å². The Labute approximate surface area is 243 Å². The summed E-state index contributed by atoms with van der Waals surface area (Å²) in [6, 6.07) is 4.55. The standard InChI is InChI=1S/C32H44N2O5S/c1-8-11-18-39-30(38)25-24-28(36)34(23(19-35)20(4)10-3)27(32(24)16-15-31(25,7)40-32)29(37)33(17-9-2)26-21(5)13-12-14-22(26)6/h8-9,12-14,20,23-25,27,35H,1-2,10-11,15-19H2,3-7H3/t20-,23-,24-,25+,27?,31-,32?/m0/s1. The molecule has 7 nitrogen and oxygen atoms in total. The molecule has 0 saturated carbocycles. The SMILES string of the molecule is C=CCCOC(=O)[C@H]1[C@H]2C(=O)N([C@@H](CO)[C@@H](C)CC)C(C(=O)N(CC=C)c3c(C)cccc3C)C23CC[C@]1(C)S3. The molecule has 40 heavy (non-hydrogen) atoms. The van der Waals surface area contributed by atoms with Crippen LogP contribution in [0.5, 0.6) is 0 Å². The summed E-state index contributed by atoms with van der Waals surface area (Å²) in [6.45, 7) is 17.9. The van der Waals surface area contributed by atoms with Crippen molar-refractivity contribution in [1.29, 1.82) is 0 Å². The molecule has 0 radical (unpaired) electrons. The van der Waals surface area contributed by atoms with Gasteiger partial charge in [-0.1, -0.05) is 50.6 Å². The number of thioether (sulfide) groups is 1. The third-order valence-electron chi connectivity index (χ3n) is 9.40. The maximum atomic E-state index is 14.9. The first-order chi connectivity index (χ1) is 19.0. The lowest BCUT2D eigenvalue weighted by Crippen LogP contribution is -2.59. The van der Waals surface area contributed by atoms with Crippen molar-refractivity contribution in [2.45, 2.75) is 81.9 Å². The van der Waals surface area contributed by atoms with E-state index in [-0.39, 0.29) is 43.5 Å². The summed E-state index contributed by atoms with van der Waals surface area (Å²) in [5.74, 6) is -2.18. The summed E-state index contributed by atoms with van der Waals surface area (Å²) in [5.41, 5.74) is 2.73. The molecule has 7 atom stereocenters. The molecule has 2 bridgehead atoms. The molecule has 0 aliphatic carbocycles. The molecule has 3 saturated heterocycles. The summed E-state index contributed by atoms with van der Waals surface area (Å²) in [5, 5.41) is 10.6. The minimum absolute atomic E-state index is 0.0386. The lowest BCUT2D eigenvalue weighted by atomic mass is 9.66. The normalized spacial score (nSPS) is 30.1. The lowest BCUT2D eigenvalue weighted by molar-refractivity contribution is -0.156. The number of aryl methyl sites for hydroxylation is 2. The fraction of sp³-hybridized carbons (Fsp3) is 0.594. The Bertz CT molecular complexity index is 1170. The number of hydrogen-bond acceptors (Lipinski definition) is 6. The largest absolute Gasteiger partial charge is 0.465 e. The number of aliphatic hydroxyl groups is 1. The van der Waals surface area contributed by atoms with Crippen LogP contribution in [-0.4, -0.2) is 69.1 Å². The van der Waals surface area contributed by atoms with E-state index in [1.54, 1.807) is 33.7 Å².